The lowest BCUT2D eigenvalue weighted by atomic mass is 10.2. The van der Waals surface area contributed by atoms with E-state index < -0.39 is 5.97 Å². The van der Waals surface area contributed by atoms with Crippen molar-refractivity contribution in [3.8, 4) is 17.5 Å². The molecule has 0 aliphatic carbocycles. The number of aromatic carboxylic acids is 1. The Morgan fingerprint density at radius 1 is 1.32 bits per heavy atom. The smallest absolute Gasteiger partial charge is 0.339 e. The van der Waals surface area contributed by atoms with E-state index in [1.807, 2.05) is 0 Å². The minimum absolute atomic E-state index is 0.00678. The number of halogens is 1. The fourth-order valence-electron chi connectivity index (χ4n) is 1.34. The molecule has 0 fully saturated rings. The Morgan fingerprint density at radius 3 is 2.58 bits per heavy atom. The molecule has 0 amide bonds. The van der Waals surface area contributed by atoms with Crippen LogP contribution in [-0.2, 0) is 0 Å². The Kier molecular flexibility index (Phi) is 3.96. The molecule has 0 aliphatic heterocycles. The first kappa shape index (κ1) is 13.3. The van der Waals surface area contributed by atoms with Gasteiger partial charge < -0.3 is 14.6 Å². The van der Waals surface area contributed by atoms with Crippen molar-refractivity contribution < 1.29 is 19.4 Å². The molecule has 19 heavy (non-hydrogen) atoms. The highest BCUT2D eigenvalue weighted by molar-refractivity contribution is 9.10. The molecule has 0 aliphatic rings. The number of carboxylic acids is 1. The van der Waals surface area contributed by atoms with Gasteiger partial charge in [-0.25, -0.2) is 14.8 Å². The number of carbonyl (C=O) groups is 1. The molecule has 2 rings (SSSR count). The summed E-state index contributed by atoms with van der Waals surface area (Å²) < 4.78 is 11.1. The van der Waals surface area contributed by atoms with Gasteiger partial charge in [0.2, 0.25) is 0 Å². The molecule has 1 heterocycles. The second-order valence-corrected chi connectivity index (χ2v) is 4.37. The number of aromatic nitrogens is 2. The molecule has 0 saturated heterocycles. The van der Waals surface area contributed by atoms with Crippen LogP contribution in [0.25, 0.3) is 0 Å². The zero-order valence-corrected chi connectivity index (χ0v) is 11.4. The molecule has 0 unspecified atom stereocenters. The van der Waals surface area contributed by atoms with Gasteiger partial charge in [-0.05, 0) is 28.1 Å². The average Bonchev–Trinajstić information content (AvgIpc) is 2.41. The molecule has 98 valence electrons. The topological polar surface area (TPSA) is 81.5 Å². The van der Waals surface area contributed by atoms with Gasteiger partial charge in [0.25, 0.3) is 0 Å². The Bertz CT molecular complexity index is 601. The first-order valence-electron chi connectivity index (χ1n) is 5.17. The van der Waals surface area contributed by atoms with Crippen molar-refractivity contribution in [1.29, 1.82) is 0 Å². The molecule has 0 radical (unpaired) electrons. The largest absolute Gasteiger partial charge is 0.497 e. The van der Waals surface area contributed by atoms with Crippen molar-refractivity contribution in [2.75, 3.05) is 7.11 Å². The highest BCUT2D eigenvalue weighted by Gasteiger charge is 2.14. The minimum atomic E-state index is -1.10. The van der Waals surface area contributed by atoms with Crippen LogP contribution in [0.4, 0.5) is 0 Å². The molecule has 0 saturated carbocycles. The van der Waals surface area contributed by atoms with Gasteiger partial charge in [0, 0.05) is 18.5 Å². The zero-order valence-electron chi connectivity index (χ0n) is 9.83. The van der Waals surface area contributed by atoms with Crippen LogP contribution < -0.4 is 9.47 Å². The highest BCUT2D eigenvalue weighted by Crippen LogP contribution is 2.28. The Hall–Kier alpha value is -2.15. The summed E-state index contributed by atoms with van der Waals surface area (Å²) in [6.45, 7) is 0. The van der Waals surface area contributed by atoms with Crippen molar-refractivity contribution in [1.82, 2.24) is 9.97 Å². The van der Waals surface area contributed by atoms with Gasteiger partial charge in [0.05, 0.1) is 11.6 Å². The van der Waals surface area contributed by atoms with Gasteiger partial charge in [-0.15, -0.1) is 0 Å². The van der Waals surface area contributed by atoms with Gasteiger partial charge in [0.1, 0.15) is 17.1 Å². The standard InChI is InChI=1S/C12H9BrN2O4/c1-18-8-2-3-9(11(16)17)10(4-8)19-12-14-5-7(13)6-15-12/h2-6H,1H3,(H,16,17). The lowest BCUT2D eigenvalue weighted by molar-refractivity contribution is 0.0694. The van der Waals surface area contributed by atoms with Gasteiger partial charge >= 0.3 is 12.0 Å². The molecule has 0 atom stereocenters. The van der Waals surface area contributed by atoms with Crippen LogP contribution in [0.15, 0.2) is 35.1 Å². The maximum absolute atomic E-state index is 11.1. The van der Waals surface area contributed by atoms with Gasteiger partial charge in [-0.1, -0.05) is 0 Å². The van der Waals surface area contributed by atoms with Crippen LogP contribution in [0.1, 0.15) is 10.4 Å². The lowest BCUT2D eigenvalue weighted by Crippen LogP contribution is -2.01. The Labute approximate surface area is 117 Å². The first-order chi connectivity index (χ1) is 9.10. The van der Waals surface area contributed by atoms with Crippen molar-refractivity contribution in [2.45, 2.75) is 0 Å². The summed E-state index contributed by atoms with van der Waals surface area (Å²) >= 11 is 3.20. The van der Waals surface area contributed by atoms with E-state index in [2.05, 4.69) is 25.9 Å². The van der Waals surface area contributed by atoms with Gasteiger partial charge in [-0.2, -0.15) is 0 Å². The summed E-state index contributed by atoms with van der Waals surface area (Å²) in [5, 5.41) is 9.08. The maximum Gasteiger partial charge on any atom is 0.339 e. The van der Waals surface area contributed by atoms with Crippen molar-refractivity contribution in [2.24, 2.45) is 0 Å². The predicted octanol–water partition coefficient (Wildman–Crippen LogP) is 2.74. The number of hydrogen-bond donors (Lipinski definition) is 1. The molecular formula is C12H9BrN2O4. The molecular weight excluding hydrogens is 316 g/mol. The summed E-state index contributed by atoms with van der Waals surface area (Å²) in [5.74, 6) is -0.499. The van der Waals surface area contributed by atoms with E-state index in [1.54, 1.807) is 6.07 Å². The van der Waals surface area contributed by atoms with E-state index >= 15 is 0 Å². The van der Waals surface area contributed by atoms with Crippen molar-refractivity contribution in [3.63, 3.8) is 0 Å². The third kappa shape index (κ3) is 3.19. The first-order valence-corrected chi connectivity index (χ1v) is 5.96. The van der Waals surface area contributed by atoms with Crippen LogP contribution in [0.2, 0.25) is 0 Å². The highest BCUT2D eigenvalue weighted by atomic mass is 79.9. The molecule has 2 aromatic rings. The number of methoxy groups -OCH3 is 1. The molecule has 6 nitrogen and oxygen atoms in total. The van der Waals surface area contributed by atoms with E-state index in [1.165, 1.54) is 31.6 Å². The monoisotopic (exact) mass is 324 g/mol. The number of rotatable bonds is 4. The Balaban J connectivity index is 2.36. The molecule has 0 spiro atoms. The summed E-state index contributed by atoms with van der Waals surface area (Å²) in [4.78, 5) is 18.9. The van der Waals surface area contributed by atoms with Crippen molar-refractivity contribution in [3.05, 3.63) is 40.6 Å². The van der Waals surface area contributed by atoms with Crippen LogP contribution in [0.5, 0.6) is 17.5 Å². The molecule has 1 aromatic carbocycles. The number of nitrogens with zero attached hydrogens (tertiary/aromatic N) is 2. The second-order valence-electron chi connectivity index (χ2n) is 3.45. The van der Waals surface area contributed by atoms with Gasteiger partial charge in [-0.3, -0.25) is 0 Å². The van der Waals surface area contributed by atoms with Crippen LogP contribution in [0, 0.1) is 0 Å². The number of carboxylic acid groups (broad SMARTS) is 1. The molecule has 0 bridgehead atoms. The average molecular weight is 325 g/mol. The lowest BCUT2D eigenvalue weighted by Gasteiger charge is -2.08. The normalized spacial score (nSPS) is 10.0. The zero-order chi connectivity index (χ0) is 13.8. The maximum atomic E-state index is 11.1. The quantitative estimate of drug-likeness (QED) is 0.931. The SMILES string of the molecule is COc1ccc(C(=O)O)c(Oc2ncc(Br)cn2)c1. The summed E-state index contributed by atoms with van der Waals surface area (Å²) in [5.41, 5.74) is 0.00678. The fraction of sp³-hybridized carbons (Fsp3) is 0.0833. The summed E-state index contributed by atoms with van der Waals surface area (Å²) in [7, 11) is 1.48. The van der Waals surface area contributed by atoms with Crippen LogP contribution in [0.3, 0.4) is 0 Å². The summed E-state index contributed by atoms with van der Waals surface area (Å²) in [6.07, 6.45) is 3.01. The van der Waals surface area contributed by atoms with E-state index in [9.17, 15) is 4.79 Å². The minimum Gasteiger partial charge on any atom is -0.497 e. The molecule has 1 aromatic heterocycles. The van der Waals surface area contributed by atoms with Gasteiger partial charge in [0.15, 0.2) is 0 Å². The molecule has 7 heteroatoms. The number of hydrogen-bond acceptors (Lipinski definition) is 5. The molecule has 1 N–H and O–H groups in total. The predicted molar refractivity (Wildman–Crippen MR) is 69.8 cm³/mol. The fourth-order valence-corrected chi connectivity index (χ4v) is 1.55. The van der Waals surface area contributed by atoms with E-state index in [0.717, 1.165) is 0 Å². The number of benzene rings is 1. The van der Waals surface area contributed by atoms with E-state index in [4.69, 9.17) is 14.6 Å². The van der Waals surface area contributed by atoms with Crippen LogP contribution >= 0.6 is 15.9 Å². The van der Waals surface area contributed by atoms with Crippen LogP contribution in [-0.4, -0.2) is 28.2 Å². The third-order valence-corrected chi connectivity index (χ3v) is 2.63. The van der Waals surface area contributed by atoms with E-state index in [0.29, 0.717) is 10.2 Å². The Morgan fingerprint density at radius 2 is 2.00 bits per heavy atom. The third-order valence-electron chi connectivity index (χ3n) is 2.22. The number of ether oxygens (including phenoxy) is 2. The van der Waals surface area contributed by atoms with E-state index in [-0.39, 0.29) is 17.3 Å². The summed E-state index contributed by atoms with van der Waals surface area (Å²) in [6, 6.07) is 4.46. The second kappa shape index (κ2) is 5.66. The van der Waals surface area contributed by atoms with Crippen molar-refractivity contribution >= 4 is 21.9 Å².